The predicted octanol–water partition coefficient (Wildman–Crippen LogP) is 2.16. The van der Waals surface area contributed by atoms with Gasteiger partial charge in [0.1, 0.15) is 18.7 Å². The highest BCUT2D eigenvalue weighted by molar-refractivity contribution is 5.29. The molecule has 0 atom stereocenters. The number of hydrogen-bond donors (Lipinski definition) is 1. The summed E-state index contributed by atoms with van der Waals surface area (Å²) in [7, 11) is 1.89. The Bertz CT molecular complexity index is 691. The van der Waals surface area contributed by atoms with Gasteiger partial charge in [-0.25, -0.2) is 4.68 Å². The van der Waals surface area contributed by atoms with Gasteiger partial charge in [0, 0.05) is 12.1 Å². The largest absolute Gasteiger partial charge is 0.465 e. The highest BCUT2D eigenvalue weighted by atomic mass is 16.5. The summed E-state index contributed by atoms with van der Waals surface area (Å²) in [6, 6.07) is 12.0. The fraction of sp³-hybridized carbons (Fsp3) is 0.200. The molecule has 0 fully saturated rings. The van der Waals surface area contributed by atoms with E-state index < -0.39 is 0 Å². The third-order valence-electron chi connectivity index (χ3n) is 3.03. The molecule has 2 aromatic heterocycles. The lowest BCUT2D eigenvalue weighted by Crippen LogP contribution is -2.07. The molecule has 0 saturated heterocycles. The van der Waals surface area contributed by atoms with E-state index in [2.05, 4.69) is 15.4 Å². The SMILES string of the molecule is CNCc1ccoc1COc1ncn(-c2ccccc2)n1. The van der Waals surface area contributed by atoms with Gasteiger partial charge in [-0.05, 0) is 25.2 Å². The number of para-hydroxylation sites is 1. The van der Waals surface area contributed by atoms with Gasteiger partial charge in [-0.2, -0.15) is 4.98 Å². The molecule has 3 rings (SSSR count). The zero-order valence-corrected chi connectivity index (χ0v) is 11.7. The van der Waals surface area contributed by atoms with Crippen molar-refractivity contribution in [2.45, 2.75) is 13.2 Å². The monoisotopic (exact) mass is 284 g/mol. The number of furan rings is 1. The molecular formula is C15H16N4O2. The Morgan fingerprint density at radius 2 is 2.10 bits per heavy atom. The Balaban J connectivity index is 1.66. The first-order valence-corrected chi connectivity index (χ1v) is 6.66. The summed E-state index contributed by atoms with van der Waals surface area (Å²) in [5.74, 6) is 0.778. The first-order chi connectivity index (χ1) is 10.4. The minimum atomic E-state index is 0.308. The van der Waals surface area contributed by atoms with Crippen LogP contribution in [0.5, 0.6) is 6.01 Å². The average Bonchev–Trinajstić information content (AvgIpc) is 3.16. The first kappa shape index (κ1) is 13.4. The summed E-state index contributed by atoms with van der Waals surface area (Å²) < 4.78 is 12.7. The summed E-state index contributed by atoms with van der Waals surface area (Å²) in [5, 5.41) is 7.37. The number of benzene rings is 1. The third kappa shape index (κ3) is 3.11. The quantitative estimate of drug-likeness (QED) is 0.751. The molecular weight excluding hydrogens is 268 g/mol. The van der Waals surface area contributed by atoms with Gasteiger partial charge in [-0.3, -0.25) is 0 Å². The van der Waals surface area contributed by atoms with Crippen LogP contribution in [0.2, 0.25) is 0 Å². The molecule has 6 heteroatoms. The van der Waals surface area contributed by atoms with E-state index in [-0.39, 0.29) is 0 Å². The Morgan fingerprint density at radius 1 is 1.24 bits per heavy atom. The maximum Gasteiger partial charge on any atom is 0.336 e. The molecule has 3 aromatic rings. The number of aromatic nitrogens is 3. The Morgan fingerprint density at radius 3 is 2.90 bits per heavy atom. The summed E-state index contributed by atoms with van der Waals surface area (Å²) in [5.41, 5.74) is 2.01. The lowest BCUT2D eigenvalue weighted by molar-refractivity contribution is 0.248. The van der Waals surface area contributed by atoms with E-state index in [1.807, 2.05) is 43.4 Å². The Labute approximate surface area is 122 Å². The van der Waals surface area contributed by atoms with Crippen LogP contribution < -0.4 is 10.1 Å². The maximum atomic E-state index is 5.57. The standard InChI is InChI=1S/C15H16N4O2/c1-16-9-12-7-8-20-14(12)10-21-15-17-11-19(18-15)13-5-3-2-4-6-13/h2-8,11,16H,9-10H2,1H3. The molecule has 0 aliphatic carbocycles. The summed E-state index contributed by atoms with van der Waals surface area (Å²) in [4.78, 5) is 4.14. The van der Waals surface area contributed by atoms with E-state index in [0.29, 0.717) is 12.6 Å². The zero-order chi connectivity index (χ0) is 14.5. The van der Waals surface area contributed by atoms with Crippen molar-refractivity contribution in [3.63, 3.8) is 0 Å². The second kappa shape index (κ2) is 6.23. The van der Waals surface area contributed by atoms with Crippen LogP contribution in [0.3, 0.4) is 0 Å². The molecule has 2 heterocycles. The molecule has 0 aliphatic heterocycles. The summed E-state index contributed by atoms with van der Waals surface area (Å²) in [6.07, 6.45) is 3.28. The van der Waals surface area contributed by atoms with Gasteiger partial charge < -0.3 is 14.5 Å². The van der Waals surface area contributed by atoms with E-state index >= 15 is 0 Å². The van der Waals surface area contributed by atoms with Crippen LogP contribution in [-0.4, -0.2) is 21.8 Å². The molecule has 0 spiro atoms. The second-order valence-electron chi connectivity index (χ2n) is 4.50. The number of rotatable bonds is 6. The summed E-state index contributed by atoms with van der Waals surface area (Å²) >= 11 is 0. The molecule has 21 heavy (non-hydrogen) atoms. The van der Waals surface area contributed by atoms with Gasteiger partial charge in [0.2, 0.25) is 0 Å². The lowest BCUT2D eigenvalue weighted by atomic mass is 10.2. The van der Waals surface area contributed by atoms with Gasteiger partial charge in [0.15, 0.2) is 0 Å². The van der Waals surface area contributed by atoms with Gasteiger partial charge in [0.05, 0.1) is 12.0 Å². The van der Waals surface area contributed by atoms with Crippen LogP contribution in [0.25, 0.3) is 5.69 Å². The molecule has 0 bridgehead atoms. The van der Waals surface area contributed by atoms with Crippen LogP contribution in [0, 0.1) is 0 Å². The van der Waals surface area contributed by atoms with Crippen LogP contribution in [0.15, 0.2) is 53.4 Å². The average molecular weight is 284 g/mol. The van der Waals surface area contributed by atoms with Crippen LogP contribution in [0.1, 0.15) is 11.3 Å². The molecule has 0 saturated carbocycles. The maximum absolute atomic E-state index is 5.57. The molecule has 108 valence electrons. The molecule has 0 aliphatic rings. The van der Waals surface area contributed by atoms with Crippen molar-refractivity contribution >= 4 is 0 Å². The van der Waals surface area contributed by atoms with E-state index in [4.69, 9.17) is 9.15 Å². The summed E-state index contributed by atoms with van der Waals surface area (Å²) in [6.45, 7) is 1.05. The smallest absolute Gasteiger partial charge is 0.336 e. The number of ether oxygens (including phenoxy) is 1. The Hall–Kier alpha value is -2.60. The van der Waals surface area contributed by atoms with Crippen molar-refractivity contribution in [2.75, 3.05) is 7.05 Å². The van der Waals surface area contributed by atoms with E-state index in [1.165, 1.54) is 0 Å². The van der Waals surface area contributed by atoms with Gasteiger partial charge in [-0.1, -0.05) is 18.2 Å². The van der Waals surface area contributed by atoms with Gasteiger partial charge in [-0.15, -0.1) is 5.10 Å². The van der Waals surface area contributed by atoms with Crippen LogP contribution in [-0.2, 0) is 13.2 Å². The second-order valence-corrected chi connectivity index (χ2v) is 4.50. The van der Waals surface area contributed by atoms with Crippen molar-refractivity contribution in [1.29, 1.82) is 0 Å². The predicted molar refractivity (Wildman–Crippen MR) is 77.2 cm³/mol. The van der Waals surface area contributed by atoms with Crippen molar-refractivity contribution in [2.24, 2.45) is 0 Å². The fourth-order valence-corrected chi connectivity index (χ4v) is 1.99. The van der Waals surface area contributed by atoms with Crippen molar-refractivity contribution in [3.8, 4) is 11.7 Å². The number of nitrogens with one attached hydrogen (secondary N) is 1. The highest BCUT2D eigenvalue weighted by Gasteiger charge is 2.09. The topological polar surface area (TPSA) is 65.1 Å². The van der Waals surface area contributed by atoms with Gasteiger partial charge in [0.25, 0.3) is 0 Å². The minimum Gasteiger partial charge on any atom is -0.465 e. The lowest BCUT2D eigenvalue weighted by Gasteiger charge is -2.02. The highest BCUT2D eigenvalue weighted by Crippen LogP contribution is 2.14. The molecule has 0 amide bonds. The molecule has 0 radical (unpaired) electrons. The molecule has 0 unspecified atom stereocenters. The first-order valence-electron chi connectivity index (χ1n) is 6.66. The normalized spacial score (nSPS) is 10.7. The van der Waals surface area contributed by atoms with Crippen molar-refractivity contribution in [1.82, 2.24) is 20.1 Å². The van der Waals surface area contributed by atoms with Crippen LogP contribution in [0.4, 0.5) is 0 Å². The molecule has 1 aromatic carbocycles. The Kier molecular flexibility index (Phi) is 3.97. The van der Waals surface area contributed by atoms with Crippen LogP contribution >= 0.6 is 0 Å². The zero-order valence-electron chi connectivity index (χ0n) is 11.7. The van der Waals surface area contributed by atoms with E-state index in [0.717, 1.165) is 23.6 Å². The molecule has 6 nitrogen and oxygen atoms in total. The third-order valence-corrected chi connectivity index (χ3v) is 3.03. The van der Waals surface area contributed by atoms with Crippen molar-refractivity contribution in [3.05, 3.63) is 60.3 Å². The van der Waals surface area contributed by atoms with Crippen molar-refractivity contribution < 1.29 is 9.15 Å². The number of nitrogens with zero attached hydrogens (tertiary/aromatic N) is 3. The fourth-order valence-electron chi connectivity index (χ4n) is 1.99. The minimum absolute atomic E-state index is 0.308. The van der Waals surface area contributed by atoms with Gasteiger partial charge >= 0.3 is 6.01 Å². The van der Waals surface area contributed by atoms with E-state index in [9.17, 15) is 0 Å². The molecule has 1 N–H and O–H groups in total. The van der Waals surface area contributed by atoms with E-state index in [1.54, 1.807) is 17.3 Å². The number of hydrogen-bond acceptors (Lipinski definition) is 5.